The zero-order chi connectivity index (χ0) is 29.5. The number of hydrogen-bond acceptors (Lipinski definition) is 7. The number of para-hydroxylation sites is 1. The Labute approximate surface area is 255 Å². The second-order valence-electron chi connectivity index (χ2n) is 10.3. The van der Waals surface area contributed by atoms with Gasteiger partial charge in [-0.2, -0.15) is 0 Å². The number of anilines is 1. The molecule has 11 heteroatoms. The fourth-order valence-corrected chi connectivity index (χ4v) is 8.28. The number of benzene rings is 4. The zero-order valence-electron chi connectivity index (χ0n) is 21.9. The molecule has 0 amide bonds. The Hall–Kier alpha value is -3.92. The van der Waals surface area contributed by atoms with Crippen LogP contribution in [0.15, 0.2) is 95.9 Å². The quantitative estimate of drug-likeness (QED) is 0.0954. The van der Waals surface area contributed by atoms with Gasteiger partial charge in [0, 0.05) is 51.2 Å². The lowest BCUT2D eigenvalue weighted by Crippen LogP contribution is -2.32. The minimum absolute atomic E-state index is 0.0190. The molecule has 1 aliphatic carbocycles. The van der Waals surface area contributed by atoms with E-state index < -0.39 is 15.2 Å². The first-order valence-electron chi connectivity index (χ1n) is 13.2. The summed E-state index contributed by atoms with van der Waals surface area (Å²) in [5.74, 6) is -0.526. The Morgan fingerprint density at radius 2 is 1.60 bits per heavy atom. The van der Waals surface area contributed by atoms with Crippen LogP contribution in [0.5, 0.6) is 0 Å². The number of nitro benzene ring substituents is 2. The van der Waals surface area contributed by atoms with Crippen molar-refractivity contribution in [2.75, 3.05) is 5.32 Å². The van der Waals surface area contributed by atoms with Crippen molar-refractivity contribution in [1.82, 2.24) is 0 Å². The smallest absolute Gasteiger partial charge is 0.282 e. The molecule has 5 atom stereocenters. The third-order valence-electron chi connectivity index (χ3n) is 7.97. The van der Waals surface area contributed by atoms with Crippen molar-refractivity contribution in [2.45, 2.75) is 33.9 Å². The standard InChI is InChI=1S/C31H23Cl2N3O5S/c32-19-14-21-27-22(16-26(28(27)33)42-25-9-5-4-8-24(25)36(40)41)29(17-10-12-20(13-11-17)35(38)39)34-30(21)23(15-19)31(37)18-6-2-1-3-7-18/h1-15,22,26-29,34H,16H2. The third kappa shape index (κ3) is 5.12. The first kappa shape index (κ1) is 28.2. The summed E-state index contributed by atoms with van der Waals surface area (Å²) in [7, 11) is 0. The molecule has 1 N–H and O–H groups in total. The van der Waals surface area contributed by atoms with Crippen LogP contribution in [0.3, 0.4) is 0 Å². The Kier molecular flexibility index (Phi) is 7.66. The van der Waals surface area contributed by atoms with Crippen LogP contribution in [0.2, 0.25) is 5.02 Å². The van der Waals surface area contributed by atoms with Crippen molar-refractivity contribution in [2.24, 2.45) is 5.92 Å². The predicted molar refractivity (Wildman–Crippen MR) is 164 cm³/mol. The van der Waals surface area contributed by atoms with Gasteiger partial charge in [0.2, 0.25) is 0 Å². The van der Waals surface area contributed by atoms with Gasteiger partial charge in [0.15, 0.2) is 5.78 Å². The zero-order valence-corrected chi connectivity index (χ0v) is 24.2. The molecule has 2 aliphatic rings. The van der Waals surface area contributed by atoms with Crippen LogP contribution in [0, 0.1) is 26.1 Å². The van der Waals surface area contributed by atoms with Gasteiger partial charge in [0.1, 0.15) is 0 Å². The van der Waals surface area contributed by atoms with Crippen molar-refractivity contribution in [1.29, 1.82) is 0 Å². The van der Waals surface area contributed by atoms with Crippen LogP contribution in [0.1, 0.15) is 45.4 Å². The van der Waals surface area contributed by atoms with Crippen LogP contribution >= 0.6 is 35.0 Å². The number of alkyl halides is 1. The molecule has 0 aromatic heterocycles. The maximum Gasteiger partial charge on any atom is 0.282 e. The van der Waals surface area contributed by atoms with Crippen molar-refractivity contribution >= 4 is 57.8 Å². The summed E-state index contributed by atoms with van der Waals surface area (Å²) in [5.41, 5.74) is 3.17. The Balaban J connectivity index is 1.46. The number of carbonyl (C=O) groups excluding carboxylic acids is 1. The molecule has 6 rings (SSSR count). The normalized spacial score (nSPS) is 22.5. The topological polar surface area (TPSA) is 115 Å². The SMILES string of the molecule is O=C(c1ccccc1)c1cc(Cl)cc2c1NC(c1ccc([N+](=O)[O-])cc1)C1CC(Sc3ccccc3[N+](=O)[O-])C(Cl)C21. The fourth-order valence-electron chi connectivity index (χ4n) is 6.11. The number of nitrogens with one attached hydrogen (secondary N) is 1. The molecule has 0 spiro atoms. The second-order valence-corrected chi connectivity index (χ2v) is 12.6. The van der Waals surface area contributed by atoms with Crippen molar-refractivity contribution in [3.8, 4) is 0 Å². The molecule has 1 fully saturated rings. The van der Waals surface area contributed by atoms with Gasteiger partial charge in [-0.25, -0.2) is 0 Å². The van der Waals surface area contributed by atoms with E-state index in [1.165, 1.54) is 30.0 Å². The van der Waals surface area contributed by atoms with Gasteiger partial charge in [-0.1, -0.05) is 66.2 Å². The Morgan fingerprint density at radius 1 is 0.905 bits per heavy atom. The lowest BCUT2D eigenvalue weighted by Gasteiger charge is -2.39. The number of nitro groups is 2. The molecule has 4 aromatic carbocycles. The van der Waals surface area contributed by atoms with Gasteiger partial charge in [0.25, 0.3) is 11.4 Å². The number of hydrogen-bond donors (Lipinski definition) is 1. The van der Waals surface area contributed by atoms with Crippen LogP contribution in [-0.4, -0.2) is 26.3 Å². The number of rotatable bonds is 7. The lowest BCUT2D eigenvalue weighted by molar-refractivity contribution is -0.387. The number of carbonyl (C=O) groups is 1. The van der Waals surface area contributed by atoms with E-state index in [0.717, 1.165) is 11.1 Å². The summed E-state index contributed by atoms with van der Waals surface area (Å²) in [6, 6.07) is 25.0. The lowest BCUT2D eigenvalue weighted by atomic mass is 9.76. The second kappa shape index (κ2) is 11.4. The average molecular weight is 621 g/mol. The molecule has 212 valence electrons. The molecule has 1 heterocycles. The average Bonchev–Trinajstić information content (AvgIpc) is 3.32. The molecular formula is C31H23Cl2N3O5S. The maximum absolute atomic E-state index is 13.7. The van der Waals surface area contributed by atoms with Crippen molar-refractivity contribution in [3.63, 3.8) is 0 Å². The van der Waals surface area contributed by atoms with E-state index in [4.69, 9.17) is 23.2 Å². The maximum atomic E-state index is 13.7. The molecule has 4 aromatic rings. The van der Waals surface area contributed by atoms with Gasteiger partial charge in [0.05, 0.1) is 26.2 Å². The van der Waals surface area contributed by atoms with Crippen LogP contribution in [-0.2, 0) is 0 Å². The molecular weight excluding hydrogens is 597 g/mol. The van der Waals surface area contributed by atoms with E-state index in [-0.39, 0.29) is 40.3 Å². The molecule has 0 saturated heterocycles. The number of nitrogens with zero attached hydrogens (tertiary/aromatic N) is 2. The minimum atomic E-state index is -0.446. The van der Waals surface area contributed by atoms with E-state index in [1.807, 2.05) is 12.1 Å². The van der Waals surface area contributed by atoms with Crippen molar-refractivity contribution < 1.29 is 14.6 Å². The first-order valence-corrected chi connectivity index (χ1v) is 14.9. The van der Waals surface area contributed by atoms with Gasteiger partial charge >= 0.3 is 0 Å². The molecule has 5 unspecified atom stereocenters. The van der Waals surface area contributed by atoms with E-state index in [9.17, 15) is 25.0 Å². The fraction of sp³-hybridized carbons (Fsp3) is 0.194. The highest BCUT2D eigenvalue weighted by Crippen LogP contribution is 2.59. The Bertz CT molecular complexity index is 1700. The highest BCUT2D eigenvalue weighted by molar-refractivity contribution is 8.00. The minimum Gasteiger partial charge on any atom is -0.377 e. The summed E-state index contributed by atoms with van der Waals surface area (Å²) < 4.78 is 0. The van der Waals surface area contributed by atoms with Crippen LogP contribution in [0.25, 0.3) is 0 Å². The summed E-state index contributed by atoms with van der Waals surface area (Å²) >= 11 is 15.2. The van der Waals surface area contributed by atoms with Crippen LogP contribution < -0.4 is 5.32 Å². The highest BCUT2D eigenvalue weighted by atomic mass is 35.5. The van der Waals surface area contributed by atoms with Crippen molar-refractivity contribution in [3.05, 3.63) is 139 Å². The first-order chi connectivity index (χ1) is 20.2. The molecule has 42 heavy (non-hydrogen) atoms. The van der Waals surface area contributed by atoms with Gasteiger partial charge in [-0.3, -0.25) is 25.0 Å². The van der Waals surface area contributed by atoms with Gasteiger partial charge < -0.3 is 5.32 Å². The summed E-state index contributed by atoms with van der Waals surface area (Å²) in [5, 5.41) is 26.4. The molecule has 0 bridgehead atoms. The summed E-state index contributed by atoms with van der Waals surface area (Å²) in [6.45, 7) is 0. The highest BCUT2D eigenvalue weighted by Gasteiger charge is 2.51. The Morgan fingerprint density at radius 3 is 2.29 bits per heavy atom. The number of halogens is 2. The third-order valence-corrected chi connectivity index (χ3v) is 10.3. The summed E-state index contributed by atoms with van der Waals surface area (Å²) in [6.07, 6.45) is 0.609. The predicted octanol–water partition coefficient (Wildman–Crippen LogP) is 8.43. The monoisotopic (exact) mass is 619 g/mol. The number of fused-ring (bicyclic) bond motifs is 3. The number of ketones is 1. The van der Waals surface area contributed by atoms with Gasteiger partial charge in [-0.15, -0.1) is 23.4 Å². The van der Waals surface area contributed by atoms with E-state index in [2.05, 4.69) is 5.32 Å². The molecule has 1 saturated carbocycles. The van der Waals surface area contributed by atoms with E-state index in [0.29, 0.717) is 33.2 Å². The largest absolute Gasteiger partial charge is 0.377 e. The molecule has 8 nitrogen and oxygen atoms in total. The molecule has 0 radical (unpaired) electrons. The number of thioether (sulfide) groups is 1. The number of non-ortho nitro benzene ring substituents is 1. The van der Waals surface area contributed by atoms with Gasteiger partial charge in [-0.05, 0) is 41.7 Å². The van der Waals surface area contributed by atoms with E-state index >= 15 is 0 Å². The van der Waals surface area contributed by atoms with E-state index in [1.54, 1.807) is 60.7 Å². The molecule has 1 aliphatic heterocycles. The summed E-state index contributed by atoms with van der Waals surface area (Å²) in [4.78, 5) is 36.5. The van der Waals surface area contributed by atoms with Crippen LogP contribution in [0.4, 0.5) is 17.1 Å².